The van der Waals surface area contributed by atoms with Crippen molar-refractivity contribution in [3.63, 3.8) is 0 Å². The molecule has 0 aliphatic rings. The molecule has 0 radical (unpaired) electrons. The standard InChI is InChI=1S/C16H17N3O4.ClH/c1-9-5-10(2)18-16(17-9)19-13-7-11(14(20)22-3)6-12(8-13)15(21)23-4;/h5-8H,1-4H3,(H,17,18,19);1H. The van der Waals surface area contributed by atoms with Crippen molar-refractivity contribution < 1.29 is 19.1 Å². The minimum atomic E-state index is -0.555. The molecular weight excluding hydrogens is 334 g/mol. The monoisotopic (exact) mass is 351 g/mol. The quantitative estimate of drug-likeness (QED) is 0.847. The van der Waals surface area contributed by atoms with Gasteiger partial charge in [0.15, 0.2) is 0 Å². The van der Waals surface area contributed by atoms with E-state index in [1.807, 2.05) is 19.9 Å². The lowest BCUT2D eigenvalue weighted by molar-refractivity contribution is 0.0599. The van der Waals surface area contributed by atoms with Crippen LogP contribution in [0.25, 0.3) is 0 Å². The fraction of sp³-hybridized carbons (Fsp3) is 0.250. The van der Waals surface area contributed by atoms with Crippen LogP contribution in [0.5, 0.6) is 0 Å². The number of anilines is 2. The Labute approximate surface area is 145 Å². The Kier molecular flexibility index (Phi) is 6.67. The molecule has 128 valence electrons. The van der Waals surface area contributed by atoms with Crippen molar-refractivity contribution in [1.82, 2.24) is 9.97 Å². The Bertz CT molecular complexity index is 710. The van der Waals surface area contributed by atoms with Gasteiger partial charge in [-0.2, -0.15) is 0 Å². The second kappa shape index (κ2) is 8.26. The van der Waals surface area contributed by atoms with E-state index >= 15 is 0 Å². The van der Waals surface area contributed by atoms with Gasteiger partial charge in [0.1, 0.15) is 0 Å². The summed E-state index contributed by atoms with van der Waals surface area (Å²) in [5.41, 5.74) is 2.54. The summed E-state index contributed by atoms with van der Waals surface area (Å²) in [5, 5.41) is 2.99. The fourth-order valence-electron chi connectivity index (χ4n) is 2.08. The van der Waals surface area contributed by atoms with Gasteiger partial charge in [-0.3, -0.25) is 0 Å². The molecule has 24 heavy (non-hydrogen) atoms. The van der Waals surface area contributed by atoms with Crippen molar-refractivity contribution in [1.29, 1.82) is 0 Å². The molecule has 7 nitrogen and oxygen atoms in total. The molecule has 0 amide bonds. The second-order valence-electron chi connectivity index (χ2n) is 4.88. The average Bonchev–Trinajstić information content (AvgIpc) is 2.51. The van der Waals surface area contributed by atoms with Crippen LogP contribution in [0.4, 0.5) is 11.6 Å². The molecule has 2 rings (SSSR count). The highest BCUT2D eigenvalue weighted by Gasteiger charge is 2.14. The molecule has 1 aromatic carbocycles. The summed E-state index contributed by atoms with van der Waals surface area (Å²) >= 11 is 0. The predicted octanol–water partition coefficient (Wildman–Crippen LogP) is 2.83. The maximum absolute atomic E-state index is 11.8. The number of hydrogen-bond acceptors (Lipinski definition) is 7. The molecule has 0 unspecified atom stereocenters. The van der Waals surface area contributed by atoms with Crippen molar-refractivity contribution in [3.05, 3.63) is 46.8 Å². The zero-order valence-electron chi connectivity index (χ0n) is 13.7. The first kappa shape index (κ1) is 19.4. The van der Waals surface area contributed by atoms with E-state index in [4.69, 9.17) is 9.47 Å². The third-order valence-electron chi connectivity index (χ3n) is 3.01. The largest absolute Gasteiger partial charge is 0.465 e. The van der Waals surface area contributed by atoms with Gasteiger partial charge in [-0.25, -0.2) is 19.6 Å². The summed E-state index contributed by atoms with van der Waals surface area (Å²) in [4.78, 5) is 32.0. The van der Waals surface area contributed by atoms with Crippen molar-refractivity contribution in [2.24, 2.45) is 0 Å². The van der Waals surface area contributed by atoms with Crippen LogP contribution >= 0.6 is 12.4 Å². The van der Waals surface area contributed by atoms with Crippen LogP contribution in [-0.2, 0) is 9.47 Å². The molecule has 2 aromatic rings. The number of methoxy groups -OCH3 is 2. The number of hydrogen-bond donors (Lipinski definition) is 1. The van der Waals surface area contributed by atoms with Crippen LogP contribution in [0.1, 0.15) is 32.1 Å². The van der Waals surface area contributed by atoms with Crippen molar-refractivity contribution in [2.75, 3.05) is 19.5 Å². The van der Waals surface area contributed by atoms with E-state index in [1.54, 1.807) is 12.1 Å². The minimum Gasteiger partial charge on any atom is -0.465 e. The lowest BCUT2D eigenvalue weighted by Gasteiger charge is -2.10. The molecule has 0 saturated carbocycles. The number of aryl methyl sites for hydroxylation is 2. The summed E-state index contributed by atoms with van der Waals surface area (Å²) in [5.74, 6) is -0.736. The van der Waals surface area contributed by atoms with Gasteiger partial charge in [-0.05, 0) is 38.1 Å². The number of halogens is 1. The first-order valence-electron chi connectivity index (χ1n) is 6.84. The van der Waals surface area contributed by atoms with Gasteiger partial charge < -0.3 is 14.8 Å². The highest BCUT2D eigenvalue weighted by Crippen LogP contribution is 2.20. The normalized spacial score (nSPS) is 9.67. The first-order valence-corrected chi connectivity index (χ1v) is 6.84. The third-order valence-corrected chi connectivity index (χ3v) is 3.01. The number of nitrogens with one attached hydrogen (secondary N) is 1. The molecule has 0 spiro atoms. The molecule has 1 aromatic heterocycles. The molecule has 0 aliphatic heterocycles. The maximum Gasteiger partial charge on any atom is 0.337 e. The molecule has 0 atom stereocenters. The Hall–Kier alpha value is -2.67. The van der Waals surface area contributed by atoms with E-state index in [9.17, 15) is 9.59 Å². The van der Waals surface area contributed by atoms with E-state index in [2.05, 4.69) is 15.3 Å². The Morgan fingerprint density at radius 2 is 1.33 bits per heavy atom. The van der Waals surface area contributed by atoms with E-state index in [0.717, 1.165) is 11.4 Å². The van der Waals surface area contributed by atoms with Crippen LogP contribution in [-0.4, -0.2) is 36.1 Å². The van der Waals surface area contributed by atoms with E-state index in [-0.39, 0.29) is 23.5 Å². The van der Waals surface area contributed by atoms with Gasteiger partial charge in [-0.1, -0.05) is 0 Å². The lowest BCUT2D eigenvalue weighted by Crippen LogP contribution is -2.08. The van der Waals surface area contributed by atoms with Crippen LogP contribution < -0.4 is 5.32 Å². The zero-order valence-corrected chi connectivity index (χ0v) is 14.6. The number of carbonyl (C=O) groups excluding carboxylic acids is 2. The molecule has 1 heterocycles. The second-order valence-corrected chi connectivity index (χ2v) is 4.88. The summed E-state index contributed by atoms with van der Waals surface area (Å²) in [7, 11) is 2.54. The van der Waals surface area contributed by atoms with Crippen molar-refractivity contribution in [3.8, 4) is 0 Å². The SMILES string of the molecule is COC(=O)c1cc(Nc2nc(C)cc(C)n2)cc(C(=O)OC)c1.Cl. The molecular formula is C16H18ClN3O4. The number of nitrogens with zero attached hydrogens (tertiary/aromatic N) is 2. The highest BCUT2D eigenvalue weighted by atomic mass is 35.5. The number of rotatable bonds is 4. The molecule has 0 fully saturated rings. The number of aromatic nitrogens is 2. The molecule has 1 N–H and O–H groups in total. The Balaban J connectivity index is 0.00000288. The van der Waals surface area contributed by atoms with E-state index in [1.165, 1.54) is 20.3 Å². The van der Waals surface area contributed by atoms with Crippen molar-refractivity contribution in [2.45, 2.75) is 13.8 Å². The van der Waals surface area contributed by atoms with Gasteiger partial charge in [0.05, 0.1) is 25.3 Å². The third kappa shape index (κ3) is 4.66. The van der Waals surface area contributed by atoms with Crippen LogP contribution in [0, 0.1) is 13.8 Å². The summed E-state index contributed by atoms with van der Waals surface area (Å²) in [6.45, 7) is 3.70. The predicted molar refractivity (Wildman–Crippen MR) is 91.2 cm³/mol. The van der Waals surface area contributed by atoms with E-state index < -0.39 is 11.9 Å². The Morgan fingerprint density at radius 1 is 0.875 bits per heavy atom. The summed E-state index contributed by atoms with van der Waals surface area (Å²) in [6, 6.07) is 6.36. The first-order chi connectivity index (χ1) is 10.9. The smallest absolute Gasteiger partial charge is 0.337 e. The van der Waals surface area contributed by atoms with Crippen LogP contribution in [0.15, 0.2) is 24.3 Å². The van der Waals surface area contributed by atoms with E-state index in [0.29, 0.717) is 11.6 Å². The maximum atomic E-state index is 11.8. The molecule has 8 heteroatoms. The summed E-state index contributed by atoms with van der Waals surface area (Å²) in [6.07, 6.45) is 0. The minimum absolute atomic E-state index is 0. The number of carbonyl (C=O) groups is 2. The molecule has 0 aliphatic carbocycles. The van der Waals surface area contributed by atoms with Gasteiger partial charge in [0.25, 0.3) is 0 Å². The van der Waals surface area contributed by atoms with Crippen LogP contribution in [0.3, 0.4) is 0 Å². The fourth-order valence-corrected chi connectivity index (χ4v) is 2.08. The van der Waals surface area contributed by atoms with Gasteiger partial charge in [0, 0.05) is 17.1 Å². The average molecular weight is 352 g/mol. The highest BCUT2D eigenvalue weighted by molar-refractivity contribution is 5.97. The number of ether oxygens (including phenoxy) is 2. The van der Waals surface area contributed by atoms with Gasteiger partial charge >= 0.3 is 11.9 Å². The van der Waals surface area contributed by atoms with Crippen LogP contribution in [0.2, 0.25) is 0 Å². The Morgan fingerprint density at radius 3 is 1.75 bits per heavy atom. The molecule has 0 saturated heterocycles. The lowest BCUT2D eigenvalue weighted by atomic mass is 10.1. The van der Waals surface area contributed by atoms with Gasteiger partial charge in [0.2, 0.25) is 5.95 Å². The number of benzene rings is 1. The molecule has 0 bridgehead atoms. The summed E-state index contributed by atoms with van der Waals surface area (Å²) < 4.78 is 9.40. The number of esters is 2. The topological polar surface area (TPSA) is 90.4 Å². The van der Waals surface area contributed by atoms with Crippen molar-refractivity contribution >= 4 is 36.0 Å². The van der Waals surface area contributed by atoms with Gasteiger partial charge in [-0.15, -0.1) is 12.4 Å². The zero-order chi connectivity index (χ0) is 17.0.